The summed E-state index contributed by atoms with van der Waals surface area (Å²) in [4.78, 5) is 0. The van der Waals surface area contributed by atoms with Gasteiger partial charge in [-0.25, -0.2) is 0 Å². The van der Waals surface area contributed by atoms with Crippen LogP contribution < -0.4 is 0 Å². The Kier molecular flexibility index (Phi) is 5.01. The van der Waals surface area contributed by atoms with Crippen LogP contribution in [0.4, 0.5) is 0 Å². The van der Waals surface area contributed by atoms with E-state index in [1.807, 2.05) is 0 Å². The first-order valence-corrected chi connectivity index (χ1v) is 6.83. The highest BCUT2D eigenvalue weighted by Gasteiger charge is 2.21. The SMILES string of the molecule is OCC1=CC=C(O)C(Cc2cc(CO)cc(CO)c2O)C1. The molecule has 2 rings (SSSR count). The average Bonchev–Trinajstić information content (AvgIpc) is 2.51. The Bertz CT molecular complexity index is 574. The number of hydrogen-bond acceptors (Lipinski definition) is 5. The van der Waals surface area contributed by atoms with Crippen LogP contribution in [0.1, 0.15) is 23.1 Å². The topological polar surface area (TPSA) is 101 Å². The first-order chi connectivity index (χ1) is 10.1. The standard InChI is InChI=1S/C16H20O5/c17-7-10-1-2-15(20)12(3-10)6-13-4-11(8-18)5-14(9-19)16(13)21/h1-2,4-5,12,17-21H,3,6-9H2. The van der Waals surface area contributed by atoms with Gasteiger partial charge in [-0.1, -0.05) is 6.08 Å². The molecule has 5 heteroatoms. The van der Waals surface area contributed by atoms with Gasteiger partial charge in [-0.2, -0.15) is 0 Å². The van der Waals surface area contributed by atoms with Crippen LogP contribution in [0.25, 0.3) is 0 Å². The molecule has 0 aromatic heterocycles. The van der Waals surface area contributed by atoms with Crippen molar-refractivity contribution in [1.82, 2.24) is 0 Å². The molecule has 0 spiro atoms. The Morgan fingerprint density at radius 1 is 0.905 bits per heavy atom. The highest BCUT2D eigenvalue weighted by molar-refractivity contribution is 5.44. The number of allylic oxidation sites excluding steroid dienone is 3. The number of aromatic hydroxyl groups is 1. The Balaban J connectivity index is 2.27. The average molecular weight is 292 g/mol. The molecule has 1 aliphatic rings. The molecule has 1 atom stereocenters. The quantitative estimate of drug-likeness (QED) is 0.563. The second kappa shape index (κ2) is 6.76. The van der Waals surface area contributed by atoms with Gasteiger partial charge in [-0.05, 0) is 47.8 Å². The van der Waals surface area contributed by atoms with Gasteiger partial charge in [0.15, 0.2) is 0 Å². The summed E-state index contributed by atoms with van der Waals surface area (Å²) in [5.74, 6) is -0.0438. The van der Waals surface area contributed by atoms with Crippen LogP contribution >= 0.6 is 0 Å². The fraction of sp³-hybridized carbons (Fsp3) is 0.375. The first-order valence-electron chi connectivity index (χ1n) is 6.83. The van der Waals surface area contributed by atoms with Gasteiger partial charge in [0.2, 0.25) is 0 Å². The van der Waals surface area contributed by atoms with Gasteiger partial charge in [0.05, 0.1) is 25.6 Å². The molecule has 0 heterocycles. The van der Waals surface area contributed by atoms with E-state index in [9.17, 15) is 25.5 Å². The summed E-state index contributed by atoms with van der Waals surface area (Å²) in [5.41, 5.74) is 2.34. The van der Waals surface area contributed by atoms with Gasteiger partial charge in [-0.15, -0.1) is 0 Å². The van der Waals surface area contributed by atoms with Crippen molar-refractivity contribution >= 4 is 0 Å². The van der Waals surface area contributed by atoms with E-state index in [1.54, 1.807) is 24.3 Å². The Morgan fingerprint density at radius 2 is 1.62 bits per heavy atom. The highest BCUT2D eigenvalue weighted by atomic mass is 16.3. The van der Waals surface area contributed by atoms with Crippen molar-refractivity contribution in [3.63, 3.8) is 0 Å². The molecule has 5 nitrogen and oxygen atoms in total. The molecule has 0 radical (unpaired) electrons. The van der Waals surface area contributed by atoms with Crippen molar-refractivity contribution in [3.8, 4) is 5.75 Å². The number of aliphatic hydroxyl groups excluding tert-OH is 4. The van der Waals surface area contributed by atoms with Crippen LogP contribution in [-0.2, 0) is 19.6 Å². The minimum absolute atomic E-state index is 0.0115. The summed E-state index contributed by atoms with van der Waals surface area (Å²) < 4.78 is 0. The predicted octanol–water partition coefficient (Wildman–Crippen LogP) is 1.30. The lowest BCUT2D eigenvalue weighted by molar-refractivity contribution is 0.269. The van der Waals surface area contributed by atoms with Gasteiger partial charge in [0.1, 0.15) is 5.75 Å². The van der Waals surface area contributed by atoms with Crippen molar-refractivity contribution < 1.29 is 25.5 Å². The molecule has 1 unspecified atom stereocenters. The molecule has 0 saturated heterocycles. The summed E-state index contributed by atoms with van der Waals surface area (Å²) in [6.45, 7) is -0.569. The molecule has 0 bridgehead atoms. The van der Waals surface area contributed by atoms with E-state index in [2.05, 4.69) is 0 Å². The largest absolute Gasteiger partial charge is 0.512 e. The zero-order valence-corrected chi connectivity index (χ0v) is 11.7. The van der Waals surface area contributed by atoms with Crippen molar-refractivity contribution in [2.75, 3.05) is 6.61 Å². The fourth-order valence-corrected chi connectivity index (χ4v) is 2.59. The van der Waals surface area contributed by atoms with Gasteiger partial charge in [-0.3, -0.25) is 0 Å². The predicted molar refractivity (Wildman–Crippen MR) is 77.6 cm³/mol. The zero-order valence-electron chi connectivity index (χ0n) is 11.7. The minimum Gasteiger partial charge on any atom is -0.512 e. The molecule has 1 aromatic carbocycles. The monoisotopic (exact) mass is 292 g/mol. The summed E-state index contributed by atoms with van der Waals surface area (Å²) in [6.07, 6.45) is 4.12. The van der Waals surface area contributed by atoms with E-state index >= 15 is 0 Å². The van der Waals surface area contributed by atoms with Crippen LogP contribution in [0.5, 0.6) is 5.75 Å². The normalized spacial score (nSPS) is 18.3. The Hall–Kier alpha value is -1.82. The van der Waals surface area contributed by atoms with Crippen LogP contribution in [0, 0.1) is 5.92 Å². The second-order valence-corrected chi connectivity index (χ2v) is 5.26. The molecular formula is C16H20O5. The van der Waals surface area contributed by atoms with E-state index in [0.717, 1.165) is 5.57 Å². The molecular weight excluding hydrogens is 272 g/mol. The van der Waals surface area contributed by atoms with Crippen molar-refractivity contribution in [3.05, 3.63) is 52.3 Å². The molecule has 0 amide bonds. The highest BCUT2D eigenvalue weighted by Crippen LogP contribution is 2.32. The van der Waals surface area contributed by atoms with E-state index in [1.165, 1.54) is 0 Å². The second-order valence-electron chi connectivity index (χ2n) is 5.26. The molecule has 114 valence electrons. The number of rotatable bonds is 5. The molecule has 0 fully saturated rings. The summed E-state index contributed by atoms with van der Waals surface area (Å²) in [5, 5.41) is 47.8. The van der Waals surface area contributed by atoms with Crippen molar-refractivity contribution in [2.45, 2.75) is 26.1 Å². The molecule has 0 aliphatic heterocycles. The molecule has 0 saturated carbocycles. The first kappa shape index (κ1) is 15.6. The van der Waals surface area contributed by atoms with E-state index < -0.39 is 0 Å². The number of benzene rings is 1. The lowest BCUT2D eigenvalue weighted by Crippen LogP contribution is -2.14. The fourth-order valence-electron chi connectivity index (χ4n) is 2.59. The van der Waals surface area contributed by atoms with Crippen molar-refractivity contribution in [1.29, 1.82) is 0 Å². The summed E-state index contributed by atoms with van der Waals surface area (Å²) in [6, 6.07) is 3.22. The Labute approximate surface area is 123 Å². The van der Waals surface area contributed by atoms with Crippen molar-refractivity contribution in [2.24, 2.45) is 5.92 Å². The molecule has 1 aliphatic carbocycles. The third-order valence-electron chi connectivity index (χ3n) is 3.77. The maximum absolute atomic E-state index is 10.1. The third kappa shape index (κ3) is 3.44. The zero-order chi connectivity index (χ0) is 15.4. The number of phenols is 1. The van der Waals surface area contributed by atoms with E-state index in [0.29, 0.717) is 29.5 Å². The summed E-state index contributed by atoms with van der Waals surface area (Å²) >= 11 is 0. The maximum atomic E-state index is 10.1. The minimum atomic E-state index is -0.318. The molecule has 5 N–H and O–H groups in total. The van der Waals surface area contributed by atoms with Gasteiger partial charge in [0.25, 0.3) is 0 Å². The van der Waals surface area contributed by atoms with Gasteiger partial charge >= 0.3 is 0 Å². The van der Waals surface area contributed by atoms with Gasteiger partial charge < -0.3 is 25.5 Å². The summed E-state index contributed by atoms with van der Waals surface area (Å²) in [7, 11) is 0. The van der Waals surface area contributed by atoms with Crippen LogP contribution in [-0.4, -0.2) is 32.1 Å². The maximum Gasteiger partial charge on any atom is 0.124 e. The van der Waals surface area contributed by atoms with E-state index in [-0.39, 0.29) is 37.2 Å². The van der Waals surface area contributed by atoms with Crippen LogP contribution in [0.15, 0.2) is 35.6 Å². The number of hydrogen-bond donors (Lipinski definition) is 5. The Morgan fingerprint density at radius 3 is 2.24 bits per heavy atom. The smallest absolute Gasteiger partial charge is 0.124 e. The lowest BCUT2D eigenvalue weighted by atomic mass is 9.86. The van der Waals surface area contributed by atoms with E-state index in [4.69, 9.17) is 0 Å². The lowest BCUT2D eigenvalue weighted by Gasteiger charge is -2.22. The van der Waals surface area contributed by atoms with Crippen LogP contribution in [0.3, 0.4) is 0 Å². The third-order valence-corrected chi connectivity index (χ3v) is 3.77. The molecule has 1 aromatic rings. The number of aliphatic hydroxyl groups is 4. The van der Waals surface area contributed by atoms with Crippen LogP contribution in [0.2, 0.25) is 0 Å². The van der Waals surface area contributed by atoms with Gasteiger partial charge in [0, 0.05) is 11.5 Å². The molecule has 21 heavy (non-hydrogen) atoms.